The lowest BCUT2D eigenvalue weighted by molar-refractivity contribution is 0.590. The Morgan fingerprint density at radius 1 is 1.00 bits per heavy atom. The molecule has 19 heavy (non-hydrogen) atoms. The van der Waals surface area contributed by atoms with E-state index in [4.69, 9.17) is 5.73 Å². The fraction of sp³-hybridized carbons (Fsp3) is 0.333. The van der Waals surface area contributed by atoms with Crippen molar-refractivity contribution in [1.29, 1.82) is 0 Å². The quantitative estimate of drug-likeness (QED) is 0.842. The first-order valence-corrected chi connectivity index (χ1v) is 6.82. The summed E-state index contributed by atoms with van der Waals surface area (Å²) in [6.07, 6.45) is 0. The van der Waals surface area contributed by atoms with Crippen LogP contribution in [0.25, 0.3) is 11.1 Å². The molecule has 0 atom stereocenters. The number of hydrogen-bond acceptors (Lipinski definition) is 1. The first-order chi connectivity index (χ1) is 8.91. The summed E-state index contributed by atoms with van der Waals surface area (Å²) in [5.74, 6) is 0. The van der Waals surface area contributed by atoms with Gasteiger partial charge < -0.3 is 5.73 Å². The molecule has 0 aliphatic heterocycles. The minimum Gasteiger partial charge on any atom is -0.326 e. The highest BCUT2D eigenvalue weighted by Crippen LogP contribution is 2.30. The third-order valence-corrected chi connectivity index (χ3v) is 3.52. The predicted molar refractivity (Wildman–Crippen MR) is 83.2 cm³/mol. The predicted octanol–water partition coefficient (Wildman–Crippen LogP) is 4.42. The number of benzene rings is 2. The Labute approximate surface area is 116 Å². The van der Waals surface area contributed by atoms with Crippen molar-refractivity contribution in [2.24, 2.45) is 5.73 Å². The molecule has 0 heterocycles. The molecule has 0 amide bonds. The Kier molecular flexibility index (Phi) is 3.77. The van der Waals surface area contributed by atoms with Crippen LogP contribution in [0.1, 0.15) is 37.5 Å². The van der Waals surface area contributed by atoms with Crippen molar-refractivity contribution in [2.45, 2.75) is 39.7 Å². The topological polar surface area (TPSA) is 26.0 Å². The van der Waals surface area contributed by atoms with E-state index in [2.05, 4.69) is 70.2 Å². The van der Waals surface area contributed by atoms with E-state index in [1.54, 1.807) is 0 Å². The molecular weight excluding hydrogens is 230 g/mol. The molecule has 0 saturated carbocycles. The molecule has 1 nitrogen and oxygen atoms in total. The summed E-state index contributed by atoms with van der Waals surface area (Å²) in [6.45, 7) is 9.42. The summed E-state index contributed by atoms with van der Waals surface area (Å²) >= 11 is 0. The maximum atomic E-state index is 5.89. The maximum absolute atomic E-state index is 5.89. The van der Waals surface area contributed by atoms with E-state index in [0.29, 0.717) is 6.54 Å². The van der Waals surface area contributed by atoms with Crippen LogP contribution >= 0.6 is 0 Å². The van der Waals surface area contributed by atoms with Gasteiger partial charge in [-0.25, -0.2) is 0 Å². The highest BCUT2D eigenvalue weighted by Gasteiger charge is 2.15. The van der Waals surface area contributed by atoms with Gasteiger partial charge in [-0.15, -0.1) is 0 Å². The molecule has 0 radical (unpaired) electrons. The number of rotatable bonds is 2. The minimum atomic E-state index is 0.158. The van der Waals surface area contributed by atoms with Crippen LogP contribution < -0.4 is 5.73 Å². The van der Waals surface area contributed by atoms with Gasteiger partial charge in [0.1, 0.15) is 0 Å². The van der Waals surface area contributed by atoms with Gasteiger partial charge in [0.05, 0.1) is 0 Å². The summed E-state index contributed by atoms with van der Waals surface area (Å²) < 4.78 is 0. The van der Waals surface area contributed by atoms with Crippen molar-refractivity contribution in [3.63, 3.8) is 0 Å². The van der Waals surface area contributed by atoms with Crippen molar-refractivity contribution < 1.29 is 0 Å². The van der Waals surface area contributed by atoms with Gasteiger partial charge in [0.2, 0.25) is 0 Å². The zero-order valence-corrected chi connectivity index (χ0v) is 12.3. The summed E-state index contributed by atoms with van der Waals surface area (Å²) in [5.41, 5.74) is 12.4. The van der Waals surface area contributed by atoms with Gasteiger partial charge in [-0.3, -0.25) is 0 Å². The maximum Gasteiger partial charge on any atom is 0.0184 e. The molecule has 0 aliphatic carbocycles. The minimum absolute atomic E-state index is 0.158. The molecule has 2 aromatic carbocycles. The Morgan fingerprint density at radius 2 is 1.74 bits per heavy atom. The average Bonchev–Trinajstić information content (AvgIpc) is 2.37. The molecule has 0 saturated heterocycles. The van der Waals surface area contributed by atoms with Crippen molar-refractivity contribution in [3.05, 3.63) is 59.2 Å². The van der Waals surface area contributed by atoms with Crippen molar-refractivity contribution in [2.75, 3.05) is 0 Å². The summed E-state index contributed by atoms with van der Waals surface area (Å²) in [6, 6.07) is 15.3. The lowest BCUT2D eigenvalue weighted by Crippen LogP contribution is -2.12. The van der Waals surface area contributed by atoms with Gasteiger partial charge >= 0.3 is 0 Å². The van der Waals surface area contributed by atoms with Gasteiger partial charge in [0.25, 0.3) is 0 Å². The third-order valence-electron chi connectivity index (χ3n) is 3.52. The Hall–Kier alpha value is -1.60. The monoisotopic (exact) mass is 253 g/mol. The van der Waals surface area contributed by atoms with E-state index in [1.807, 2.05) is 0 Å². The molecule has 0 bridgehead atoms. The average molecular weight is 253 g/mol. The first-order valence-electron chi connectivity index (χ1n) is 6.82. The van der Waals surface area contributed by atoms with Crippen molar-refractivity contribution in [3.8, 4) is 11.1 Å². The molecule has 0 spiro atoms. The summed E-state index contributed by atoms with van der Waals surface area (Å²) in [5, 5.41) is 0. The van der Waals surface area contributed by atoms with E-state index >= 15 is 0 Å². The molecule has 2 rings (SSSR count). The van der Waals surface area contributed by atoms with E-state index in [-0.39, 0.29) is 5.41 Å². The number of nitrogens with two attached hydrogens (primary N) is 1. The fourth-order valence-corrected chi connectivity index (χ4v) is 2.30. The van der Waals surface area contributed by atoms with E-state index < -0.39 is 0 Å². The Bertz CT molecular complexity index is 576. The number of aryl methyl sites for hydroxylation is 1. The molecule has 1 heteroatoms. The zero-order valence-electron chi connectivity index (χ0n) is 12.3. The highest BCUT2D eigenvalue weighted by atomic mass is 14.5. The smallest absolute Gasteiger partial charge is 0.0184 e. The second-order valence-corrected chi connectivity index (χ2v) is 6.20. The molecule has 0 aliphatic rings. The van der Waals surface area contributed by atoms with Crippen LogP contribution in [0.15, 0.2) is 42.5 Å². The molecule has 0 aromatic heterocycles. The lowest BCUT2D eigenvalue weighted by atomic mass is 9.84. The normalized spacial score (nSPS) is 11.6. The fourth-order valence-electron chi connectivity index (χ4n) is 2.30. The van der Waals surface area contributed by atoms with Crippen LogP contribution in [0, 0.1) is 6.92 Å². The molecule has 2 N–H and O–H groups in total. The lowest BCUT2D eigenvalue weighted by Gasteiger charge is -2.21. The van der Waals surface area contributed by atoms with Crippen LogP contribution in [0.3, 0.4) is 0 Å². The van der Waals surface area contributed by atoms with Gasteiger partial charge in [-0.2, -0.15) is 0 Å². The first kappa shape index (κ1) is 13.8. The van der Waals surface area contributed by atoms with E-state index in [0.717, 1.165) is 0 Å². The zero-order chi connectivity index (χ0) is 14.0. The standard InChI is InChI=1S/C18H23N/c1-13-6-5-7-14(10-13)17-11-16(18(2,3)4)9-8-15(17)12-19/h5-11H,12,19H2,1-4H3. The van der Waals surface area contributed by atoms with Crippen LogP contribution in [0.4, 0.5) is 0 Å². The van der Waals surface area contributed by atoms with Gasteiger partial charge in [-0.05, 0) is 34.6 Å². The largest absolute Gasteiger partial charge is 0.326 e. The third kappa shape index (κ3) is 3.05. The molecule has 0 unspecified atom stereocenters. The van der Waals surface area contributed by atoms with E-state index in [9.17, 15) is 0 Å². The molecule has 2 aromatic rings. The summed E-state index contributed by atoms with van der Waals surface area (Å²) in [4.78, 5) is 0. The van der Waals surface area contributed by atoms with Crippen LogP contribution in [0.5, 0.6) is 0 Å². The Morgan fingerprint density at radius 3 is 2.32 bits per heavy atom. The van der Waals surface area contributed by atoms with Gasteiger partial charge in [0.15, 0.2) is 0 Å². The van der Waals surface area contributed by atoms with Crippen molar-refractivity contribution >= 4 is 0 Å². The number of hydrogen-bond donors (Lipinski definition) is 1. The van der Waals surface area contributed by atoms with Gasteiger partial charge in [0, 0.05) is 6.54 Å². The van der Waals surface area contributed by atoms with Gasteiger partial charge in [-0.1, -0.05) is 68.8 Å². The van der Waals surface area contributed by atoms with Crippen LogP contribution in [0.2, 0.25) is 0 Å². The highest BCUT2D eigenvalue weighted by molar-refractivity contribution is 5.69. The second kappa shape index (κ2) is 5.18. The molecule has 0 fully saturated rings. The SMILES string of the molecule is Cc1cccc(-c2cc(C(C)(C)C)ccc2CN)c1. The molecular formula is C18H23N. The molecule has 100 valence electrons. The van der Waals surface area contributed by atoms with E-state index in [1.165, 1.54) is 27.8 Å². The summed E-state index contributed by atoms with van der Waals surface area (Å²) in [7, 11) is 0. The van der Waals surface area contributed by atoms with Crippen LogP contribution in [-0.2, 0) is 12.0 Å². The Balaban J connectivity index is 2.60. The second-order valence-electron chi connectivity index (χ2n) is 6.20. The van der Waals surface area contributed by atoms with Crippen molar-refractivity contribution in [1.82, 2.24) is 0 Å². The van der Waals surface area contributed by atoms with Crippen LogP contribution in [-0.4, -0.2) is 0 Å².